The van der Waals surface area contributed by atoms with E-state index in [1.165, 1.54) is 11.3 Å². The van der Waals surface area contributed by atoms with Crippen LogP contribution in [0.15, 0.2) is 40.8 Å². The van der Waals surface area contributed by atoms with Gasteiger partial charge in [0.25, 0.3) is 5.91 Å². The SMILES string of the molecule is Cl.Cl.Cn1ccnc1C1CNCCN1C(=O)c1csc(-c2ccoc2)n1. The van der Waals surface area contributed by atoms with Gasteiger partial charge in [-0.05, 0) is 6.07 Å². The molecule has 3 aromatic rings. The van der Waals surface area contributed by atoms with Crippen LogP contribution in [0.4, 0.5) is 0 Å². The number of hydrogen-bond acceptors (Lipinski definition) is 6. The first-order valence-corrected chi connectivity index (χ1v) is 8.59. The first-order chi connectivity index (χ1) is 11.7. The highest BCUT2D eigenvalue weighted by atomic mass is 35.5. The van der Waals surface area contributed by atoms with Gasteiger partial charge < -0.3 is 19.2 Å². The molecular formula is C16H19Cl2N5O2S. The fraction of sp³-hybridized carbons (Fsp3) is 0.312. The van der Waals surface area contributed by atoms with Crippen LogP contribution >= 0.6 is 36.2 Å². The lowest BCUT2D eigenvalue weighted by Crippen LogP contribution is -2.49. The maximum atomic E-state index is 13.0. The molecule has 1 atom stereocenters. The fourth-order valence-corrected chi connectivity index (χ4v) is 3.69. The molecule has 1 aliphatic heterocycles. The van der Waals surface area contributed by atoms with Gasteiger partial charge in [-0.2, -0.15) is 0 Å². The van der Waals surface area contributed by atoms with Gasteiger partial charge in [0.05, 0.1) is 6.26 Å². The minimum absolute atomic E-state index is 0. The second-order valence-electron chi connectivity index (χ2n) is 5.66. The Bertz CT molecular complexity index is 849. The number of nitrogens with one attached hydrogen (secondary N) is 1. The Labute approximate surface area is 167 Å². The Morgan fingerprint density at radius 2 is 2.27 bits per heavy atom. The number of carbonyl (C=O) groups excluding carboxylic acids is 1. The molecule has 1 N–H and O–H groups in total. The first-order valence-electron chi connectivity index (χ1n) is 7.71. The quantitative estimate of drug-likeness (QED) is 0.711. The molecule has 1 unspecified atom stereocenters. The van der Waals surface area contributed by atoms with Gasteiger partial charge in [0.15, 0.2) is 0 Å². The number of furan rings is 1. The summed E-state index contributed by atoms with van der Waals surface area (Å²) in [5.74, 6) is 0.816. The minimum atomic E-state index is -0.0923. The summed E-state index contributed by atoms with van der Waals surface area (Å²) in [4.78, 5) is 23.7. The van der Waals surface area contributed by atoms with Crippen molar-refractivity contribution in [2.24, 2.45) is 7.05 Å². The molecule has 3 aromatic heterocycles. The Balaban J connectivity index is 0.00000121. The standard InChI is InChI=1S/C16H17N5O2S.2ClH/c1-20-5-4-18-14(20)13-8-17-3-6-21(13)16(22)12-10-24-15(19-12)11-2-7-23-9-11;;/h2,4-5,7,9-10,13,17H,3,6,8H2,1H3;2*1H. The van der Waals surface area contributed by atoms with E-state index in [4.69, 9.17) is 4.42 Å². The van der Waals surface area contributed by atoms with Crippen molar-refractivity contribution in [3.05, 3.63) is 47.9 Å². The van der Waals surface area contributed by atoms with Crippen LogP contribution in [-0.4, -0.2) is 45.0 Å². The first kappa shape index (κ1) is 20.4. The number of nitrogens with zero attached hydrogens (tertiary/aromatic N) is 4. The van der Waals surface area contributed by atoms with Gasteiger partial charge in [0, 0.05) is 50.0 Å². The number of piperazine rings is 1. The highest BCUT2D eigenvalue weighted by molar-refractivity contribution is 7.13. The van der Waals surface area contributed by atoms with Gasteiger partial charge in [-0.3, -0.25) is 4.79 Å². The Hall–Kier alpha value is -1.87. The van der Waals surface area contributed by atoms with Gasteiger partial charge in [-0.25, -0.2) is 9.97 Å². The number of rotatable bonds is 3. The molecule has 0 bridgehead atoms. The molecule has 10 heteroatoms. The van der Waals surface area contributed by atoms with E-state index < -0.39 is 0 Å². The molecule has 0 radical (unpaired) electrons. The average Bonchev–Trinajstić information content (AvgIpc) is 3.35. The highest BCUT2D eigenvalue weighted by Gasteiger charge is 2.32. The molecule has 0 aromatic carbocycles. The summed E-state index contributed by atoms with van der Waals surface area (Å²) >= 11 is 1.45. The number of aryl methyl sites for hydroxylation is 1. The maximum absolute atomic E-state index is 13.0. The molecule has 1 aliphatic rings. The summed E-state index contributed by atoms with van der Waals surface area (Å²) in [5, 5.41) is 5.93. The van der Waals surface area contributed by atoms with E-state index in [1.807, 2.05) is 34.2 Å². The second-order valence-corrected chi connectivity index (χ2v) is 6.52. The van der Waals surface area contributed by atoms with Crippen molar-refractivity contribution in [3.63, 3.8) is 0 Å². The molecule has 0 saturated carbocycles. The highest BCUT2D eigenvalue weighted by Crippen LogP contribution is 2.27. The summed E-state index contributed by atoms with van der Waals surface area (Å²) in [7, 11) is 1.94. The van der Waals surface area contributed by atoms with Gasteiger partial charge in [-0.15, -0.1) is 36.2 Å². The summed E-state index contributed by atoms with van der Waals surface area (Å²) in [5.41, 5.74) is 1.36. The third-order valence-corrected chi connectivity index (χ3v) is 5.04. The summed E-state index contributed by atoms with van der Waals surface area (Å²) < 4.78 is 7.04. The van der Waals surface area contributed by atoms with Crippen molar-refractivity contribution in [1.29, 1.82) is 0 Å². The van der Waals surface area contributed by atoms with E-state index >= 15 is 0 Å². The van der Waals surface area contributed by atoms with Crippen molar-refractivity contribution < 1.29 is 9.21 Å². The van der Waals surface area contributed by atoms with Crippen LogP contribution in [0.3, 0.4) is 0 Å². The number of imidazole rings is 1. The fourth-order valence-electron chi connectivity index (χ4n) is 2.91. The van der Waals surface area contributed by atoms with Crippen LogP contribution in [0.25, 0.3) is 10.6 Å². The third kappa shape index (κ3) is 3.78. The lowest BCUT2D eigenvalue weighted by Gasteiger charge is -2.35. The monoisotopic (exact) mass is 415 g/mol. The van der Waals surface area contributed by atoms with E-state index in [-0.39, 0.29) is 36.8 Å². The predicted molar refractivity (Wildman–Crippen MR) is 104 cm³/mol. The number of carbonyl (C=O) groups is 1. The van der Waals surface area contributed by atoms with Crippen LogP contribution in [0, 0.1) is 0 Å². The van der Waals surface area contributed by atoms with Crippen molar-refractivity contribution in [1.82, 2.24) is 24.8 Å². The number of hydrogen-bond donors (Lipinski definition) is 1. The molecule has 0 aliphatic carbocycles. The van der Waals surface area contributed by atoms with Gasteiger partial charge in [-0.1, -0.05) is 0 Å². The molecule has 1 fully saturated rings. The van der Waals surface area contributed by atoms with Crippen molar-refractivity contribution in [2.45, 2.75) is 6.04 Å². The van der Waals surface area contributed by atoms with Crippen molar-refractivity contribution >= 4 is 42.1 Å². The zero-order valence-corrected chi connectivity index (χ0v) is 16.4. The molecule has 4 rings (SSSR count). The number of thiazole rings is 1. The van der Waals surface area contributed by atoms with E-state index in [9.17, 15) is 4.79 Å². The van der Waals surface area contributed by atoms with Crippen molar-refractivity contribution in [3.8, 4) is 10.6 Å². The lowest BCUT2D eigenvalue weighted by molar-refractivity contribution is 0.0615. The molecule has 1 amide bonds. The molecule has 140 valence electrons. The normalized spacial score (nSPS) is 16.7. The van der Waals surface area contributed by atoms with Crippen molar-refractivity contribution in [2.75, 3.05) is 19.6 Å². The zero-order valence-electron chi connectivity index (χ0n) is 14.0. The Morgan fingerprint density at radius 1 is 1.42 bits per heavy atom. The molecule has 0 spiro atoms. The molecule has 7 nitrogen and oxygen atoms in total. The topological polar surface area (TPSA) is 76.2 Å². The van der Waals surface area contributed by atoms with Gasteiger partial charge in [0.2, 0.25) is 0 Å². The molecule has 1 saturated heterocycles. The van der Waals surface area contributed by atoms with E-state index in [0.717, 1.165) is 22.9 Å². The van der Waals surface area contributed by atoms with Gasteiger partial charge in [0.1, 0.15) is 28.8 Å². The Morgan fingerprint density at radius 3 is 2.96 bits per heavy atom. The maximum Gasteiger partial charge on any atom is 0.274 e. The summed E-state index contributed by atoms with van der Waals surface area (Å²) in [6.45, 7) is 2.09. The largest absolute Gasteiger partial charge is 0.472 e. The Kier molecular flexibility index (Phi) is 6.82. The van der Waals surface area contributed by atoms with Crippen LogP contribution in [0.5, 0.6) is 0 Å². The molecular weight excluding hydrogens is 397 g/mol. The third-order valence-electron chi connectivity index (χ3n) is 4.15. The zero-order chi connectivity index (χ0) is 16.5. The van der Waals surface area contributed by atoms with Crippen LogP contribution < -0.4 is 5.32 Å². The van der Waals surface area contributed by atoms with Crippen LogP contribution in [-0.2, 0) is 7.05 Å². The summed E-state index contributed by atoms with van der Waals surface area (Å²) in [6.07, 6.45) is 6.89. The number of aromatic nitrogens is 3. The number of halogens is 2. The predicted octanol–water partition coefficient (Wildman–Crippen LogP) is 2.77. The van der Waals surface area contributed by atoms with E-state index in [1.54, 1.807) is 18.7 Å². The van der Waals surface area contributed by atoms with Crippen LogP contribution in [0.1, 0.15) is 22.4 Å². The summed E-state index contributed by atoms with van der Waals surface area (Å²) in [6, 6.07) is 1.75. The van der Waals surface area contributed by atoms with Crippen LogP contribution in [0.2, 0.25) is 0 Å². The average molecular weight is 416 g/mol. The molecule has 26 heavy (non-hydrogen) atoms. The smallest absolute Gasteiger partial charge is 0.274 e. The van der Waals surface area contributed by atoms with E-state index in [2.05, 4.69) is 15.3 Å². The minimum Gasteiger partial charge on any atom is -0.472 e. The molecule has 4 heterocycles. The van der Waals surface area contributed by atoms with E-state index in [0.29, 0.717) is 18.8 Å². The second kappa shape index (κ2) is 8.68. The number of amides is 1. The van der Waals surface area contributed by atoms with Gasteiger partial charge >= 0.3 is 0 Å². The lowest BCUT2D eigenvalue weighted by atomic mass is 10.1.